The molecule has 0 saturated heterocycles. The van der Waals surface area contributed by atoms with Crippen molar-refractivity contribution in [3.8, 4) is 28.7 Å². The van der Waals surface area contributed by atoms with E-state index < -0.39 is 0 Å². The Labute approximate surface area is 153 Å². The van der Waals surface area contributed by atoms with Crippen molar-refractivity contribution >= 4 is 6.29 Å². The molecule has 0 bridgehead atoms. The van der Waals surface area contributed by atoms with Gasteiger partial charge in [-0.15, -0.1) is 0 Å². The van der Waals surface area contributed by atoms with Gasteiger partial charge in [-0.25, -0.2) is 0 Å². The average Bonchev–Trinajstić information content (AvgIpc) is 2.69. The number of hydrogen-bond donors (Lipinski definition) is 0. The molecule has 6 nitrogen and oxygen atoms in total. The summed E-state index contributed by atoms with van der Waals surface area (Å²) in [6.45, 7) is 2.84. The van der Waals surface area contributed by atoms with Gasteiger partial charge in [0.05, 0.1) is 27.9 Å². The smallest absolute Gasteiger partial charge is 0.203 e. The number of carbonyl (C=O) groups excluding carboxylic acids is 1. The second-order valence-corrected chi connectivity index (χ2v) is 5.49. The molecule has 0 aromatic heterocycles. The number of ether oxygens (including phenoxy) is 5. The molecule has 0 aliphatic rings. The molecule has 0 N–H and O–H groups in total. The fourth-order valence-corrected chi connectivity index (χ4v) is 2.42. The maximum Gasteiger partial charge on any atom is 0.203 e. The van der Waals surface area contributed by atoms with E-state index in [4.69, 9.17) is 23.7 Å². The van der Waals surface area contributed by atoms with Crippen molar-refractivity contribution in [1.82, 2.24) is 0 Å². The molecule has 2 rings (SSSR count). The molecule has 0 spiro atoms. The molecular weight excluding hydrogens is 336 g/mol. The average molecular weight is 360 g/mol. The summed E-state index contributed by atoms with van der Waals surface area (Å²) in [5, 5.41) is 0. The minimum Gasteiger partial charge on any atom is -0.493 e. The lowest BCUT2D eigenvalue weighted by Crippen LogP contribution is -2.03. The van der Waals surface area contributed by atoms with Crippen LogP contribution in [0, 0.1) is 0 Å². The van der Waals surface area contributed by atoms with Crippen LogP contribution in [-0.2, 0) is 6.61 Å². The Morgan fingerprint density at radius 1 is 0.846 bits per heavy atom. The van der Waals surface area contributed by atoms with E-state index in [0.717, 1.165) is 18.3 Å². The second kappa shape index (κ2) is 9.56. The van der Waals surface area contributed by atoms with Crippen molar-refractivity contribution in [1.29, 1.82) is 0 Å². The first kappa shape index (κ1) is 19.4. The zero-order valence-corrected chi connectivity index (χ0v) is 15.5. The Morgan fingerprint density at radius 3 is 2.08 bits per heavy atom. The third-order valence-electron chi connectivity index (χ3n) is 3.68. The third-order valence-corrected chi connectivity index (χ3v) is 3.68. The number of benzene rings is 2. The molecule has 26 heavy (non-hydrogen) atoms. The normalized spacial score (nSPS) is 10.2. The Hall–Kier alpha value is -2.89. The van der Waals surface area contributed by atoms with Crippen LogP contribution in [0.15, 0.2) is 30.3 Å². The molecular formula is C20H24O6. The SMILES string of the molecule is CCCOc1cc(C=O)ccc1OCc1cc(OC)c(OC)c(OC)c1. The molecule has 0 heterocycles. The molecule has 6 heteroatoms. The first-order chi connectivity index (χ1) is 12.7. The predicted molar refractivity (Wildman–Crippen MR) is 98.0 cm³/mol. The molecule has 0 unspecified atom stereocenters. The third kappa shape index (κ3) is 4.59. The molecule has 0 radical (unpaired) electrons. The number of carbonyl (C=O) groups is 1. The summed E-state index contributed by atoms with van der Waals surface area (Å²) in [4.78, 5) is 11.0. The van der Waals surface area contributed by atoms with Crippen molar-refractivity contribution in [2.75, 3.05) is 27.9 Å². The van der Waals surface area contributed by atoms with Gasteiger partial charge in [0.2, 0.25) is 5.75 Å². The van der Waals surface area contributed by atoms with E-state index in [2.05, 4.69) is 0 Å². The van der Waals surface area contributed by atoms with Gasteiger partial charge in [0.15, 0.2) is 23.0 Å². The lowest BCUT2D eigenvalue weighted by molar-refractivity contribution is 0.112. The molecule has 0 fully saturated rings. The molecule has 2 aromatic carbocycles. The van der Waals surface area contributed by atoms with Crippen molar-refractivity contribution in [2.45, 2.75) is 20.0 Å². The van der Waals surface area contributed by atoms with Crippen LogP contribution in [0.5, 0.6) is 28.7 Å². The van der Waals surface area contributed by atoms with Gasteiger partial charge in [0, 0.05) is 5.56 Å². The largest absolute Gasteiger partial charge is 0.493 e. The van der Waals surface area contributed by atoms with Gasteiger partial charge < -0.3 is 23.7 Å². The predicted octanol–water partition coefficient (Wildman–Crippen LogP) is 3.89. The minimum atomic E-state index is 0.277. The topological polar surface area (TPSA) is 63.2 Å². The minimum absolute atomic E-state index is 0.277. The molecule has 140 valence electrons. The summed E-state index contributed by atoms with van der Waals surface area (Å²) >= 11 is 0. The van der Waals surface area contributed by atoms with Crippen LogP contribution in [0.25, 0.3) is 0 Å². The Bertz CT molecular complexity index is 716. The van der Waals surface area contributed by atoms with Crippen LogP contribution >= 0.6 is 0 Å². The van der Waals surface area contributed by atoms with Crippen LogP contribution in [0.4, 0.5) is 0 Å². The summed E-state index contributed by atoms with van der Waals surface area (Å²) in [5.74, 6) is 2.76. The van der Waals surface area contributed by atoms with E-state index in [0.29, 0.717) is 40.9 Å². The molecule has 0 atom stereocenters. The first-order valence-electron chi connectivity index (χ1n) is 8.30. The van der Waals surface area contributed by atoms with Crippen LogP contribution in [0.1, 0.15) is 29.3 Å². The van der Waals surface area contributed by atoms with Crippen LogP contribution in [-0.4, -0.2) is 34.2 Å². The second-order valence-electron chi connectivity index (χ2n) is 5.49. The van der Waals surface area contributed by atoms with E-state index in [1.54, 1.807) is 39.5 Å². The quantitative estimate of drug-likeness (QED) is 0.599. The van der Waals surface area contributed by atoms with Gasteiger partial charge >= 0.3 is 0 Å². The van der Waals surface area contributed by atoms with E-state index in [1.165, 1.54) is 0 Å². The highest BCUT2D eigenvalue weighted by Crippen LogP contribution is 2.38. The number of aldehydes is 1. The van der Waals surface area contributed by atoms with E-state index in [9.17, 15) is 4.79 Å². The highest BCUT2D eigenvalue weighted by molar-refractivity contribution is 5.76. The number of rotatable bonds is 10. The fraction of sp³-hybridized carbons (Fsp3) is 0.350. The van der Waals surface area contributed by atoms with Crippen molar-refractivity contribution < 1.29 is 28.5 Å². The van der Waals surface area contributed by atoms with Crippen molar-refractivity contribution in [2.24, 2.45) is 0 Å². The molecule has 0 saturated carbocycles. The zero-order valence-electron chi connectivity index (χ0n) is 15.5. The van der Waals surface area contributed by atoms with Crippen LogP contribution < -0.4 is 23.7 Å². The summed E-state index contributed by atoms with van der Waals surface area (Å²) < 4.78 is 27.6. The molecule has 2 aromatic rings. The fourth-order valence-electron chi connectivity index (χ4n) is 2.42. The number of hydrogen-bond acceptors (Lipinski definition) is 6. The van der Waals surface area contributed by atoms with Gasteiger partial charge in [-0.1, -0.05) is 6.92 Å². The van der Waals surface area contributed by atoms with Crippen LogP contribution in [0.2, 0.25) is 0 Å². The number of methoxy groups -OCH3 is 3. The maximum absolute atomic E-state index is 11.0. The monoisotopic (exact) mass is 360 g/mol. The Kier molecular flexibility index (Phi) is 7.14. The van der Waals surface area contributed by atoms with Gasteiger partial charge in [-0.05, 0) is 42.3 Å². The zero-order chi connectivity index (χ0) is 18.9. The van der Waals surface area contributed by atoms with E-state index in [-0.39, 0.29) is 6.61 Å². The van der Waals surface area contributed by atoms with Gasteiger partial charge in [-0.3, -0.25) is 4.79 Å². The van der Waals surface area contributed by atoms with E-state index >= 15 is 0 Å². The van der Waals surface area contributed by atoms with Crippen molar-refractivity contribution in [3.63, 3.8) is 0 Å². The summed E-state index contributed by atoms with van der Waals surface area (Å²) in [7, 11) is 4.69. The first-order valence-corrected chi connectivity index (χ1v) is 8.30. The van der Waals surface area contributed by atoms with Gasteiger partial charge in [0.1, 0.15) is 12.9 Å². The highest BCUT2D eigenvalue weighted by Gasteiger charge is 2.14. The summed E-state index contributed by atoms with van der Waals surface area (Å²) in [5.41, 5.74) is 1.39. The standard InChI is InChI=1S/C20H24O6/c1-5-8-25-17-9-14(12-21)6-7-16(17)26-13-15-10-18(22-2)20(24-4)19(11-15)23-3/h6-7,9-12H,5,8,13H2,1-4H3. The van der Waals surface area contributed by atoms with Gasteiger partial charge in [-0.2, -0.15) is 0 Å². The lowest BCUT2D eigenvalue weighted by atomic mass is 10.2. The Morgan fingerprint density at radius 2 is 1.54 bits per heavy atom. The lowest BCUT2D eigenvalue weighted by Gasteiger charge is -2.16. The van der Waals surface area contributed by atoms with Crippen molar-refractivity contribution in [3.05, 3.63) is 41.5 Å². The van der Waals surface area contributed by atoms with E-state index in [1.807, 2.05) is 19.1 Å². The molecule has 0 aliphatic carbocycles. The summed E-state index contributed by atoms with van der Waals surface area (Å²) in [6.07, 6.45) is 1.64. The molecule has 0 aliphatic heterocycles. The Balaban J connectivity index is 2.24. The highest BCUT2D eigenvalue weighted by atomic mass is 16.5. The van der Waals surface area contributed by atoms with Crippen LogP contribution in [0.3, 0.4) is 0 Å². The molecule has 0 amide bonds. The maximum atomic E-state index is 11.0. The summed E-state index contributed by atoms with van der Waals surface area (Å²) in [6, 6.07) is 8.75. The van der Waals surface area contributed by atoms with Gasteiger partial charge in [0.25, 0.3) is 0 Å².